The van der Waals surface area contributed by atoms with Crippen molar-refractivity contribution in [3.05, 3.63) is 63.9 Å². The van der Waals surface area contributed by atoms with Gasteiger partial charge in [0.05, 0.1) is 35.8 Å². The molecule has 2 saturated heterocycles. The Labute approximate surface area is 237 Å². The lowest BCUT2D eigenvalue weighted by molar-refractivity contribution is 0.0410. The van der Waals surface area contributed by atoms with Gasteiger partial charge in [-0.2, -0.15) is 0 Å². The molecule has 1 aliphatic carbocycles. The number of hydrogen-bond donors (Lipinski definition) is 3. The number of aromatic nitrogens is 1. The fraction of sp³-hybridized carbons (Fsp3) is 0.452. The number of piperidine rings is 1. The molecule has 6 rings (SSSR count). The van der Waals surface area contributed by atoms with Crippen molar-refractivity contribution in [3.8, 4) is 5.75 Å². The summed E-state index contributed by atoms with van der Waals surface area (Å²) < 4.78 is 12.8. The SMILES string of the molecule is COc1cc(C(=O)O)cc2sc(N3C4CC[C@H]3CC(OC/C(C(=N)c3c(C)cccc3C)=C(/O)C3CC3)C4)nc12. The molecule has 3 N–H and O–H groups in total. The van der Waals surface area contributed by atoms with Crippen LogP contribution in [-0.4, -0.2) is 58.8 Å². The molecule has 1 aromatic heterocycles. The maximum atomic E-state index is 11.6. The second-order valence-electron chi connectivity index (χ2n) is 11.3. The van der Waals surface area contributed by atoms with Crippen molar-refractivity contribution in [2.24, 2.45) is 5.92 Å². The lowest BCUT2D eigenvalue weighted by Crippen LogP contribution is -2.45. The Kier molecular flexibility index (Phi) is 7.04. The third kappa shape index (κ3) is 4.86. The molecule has 40 heavy (non-hydrogen) atoms. The lowest BCUT2D eigenvalue weighted by Gasteiger charge is -2.38. The highest BCUT2D eigenvalue weighted by Crippen LogP contribution is 2.45. The largest absolute Gasteiger partial charge is 0.512 e. The molecule has 0 spiro atoms. The molecule has 3 aliphatic rings. The van der Waals surface area contributed by atoms with E-state index in [2.05, 4.69) is 4.90 Å². The van der Waals surface area contributed by atoms with Crippen molar-refractivity contribution in [1.82, 2.24) is 4.98 Å². The van der Waals surface area contributed by atoms with Gasteiger partial charge in [0.25, 0.3) is 0 Å². The van der Waals surface area contributed by atoms with E-state index in [1.54, 1.807) is 6.07 Å². The van der Waals surface area contributed by atoms with Gasteiger partial charge < -0.3 is 24.6 Å². The smallest absolute Gasteiger partial charge is 0.335 e. The standard InChI is InChI=1S/C31H35N3O5S/c1-16-5-4-6-17(2)26(16)27(32)23(29(35)18-7-8-18)15-39-22-13-20-9-10-21(14-22)34(20)31-33-28-24(38-3)11-19(30(36)37)12-25(28)40-31/h4-6,11-12,18,20-22,32,35H,7-10,13-15H2,1-3H3,(H,36,37)/b29-23-,32-27?/t20-,21?,22?/m0/s1. The quantitative estimate of drug-likeness (QED) is 0.204. The molecule has 3 fully saturated rings. The monoisotopic (exact) mass is 561 g/mol. The van der Waals surface area contributed by atoms with Gasteiger partial charge in [-0.3, -0.25) is 5.41 Å². The molecule has 210 valence electrons. The number of fused-ring (bicyclic) bond motifs is 3. The summed E-state index contributed by atoms with van der Waals surface area (Å²) in [7, 11) is 1.54. The second kappa shape index (κ2) is 10.5. The molecule has 2 unspecified atom stereocenters. The van der Waals surface area contributed by atoms with Crippen LogP contribution >= 0.6 is 11.3 Å². The summed E-state index contributed by atoms with van der Waals surface area (Å²) in [6.07, 6.45) is 5.73. The summed E-state index contributed by atoms with van der Waals surface area (Å²) in [5.74, 6) is -0.0553. The summed E-state index contributed by atoms with van der Waals surface area (Å²) in [5.41, 5.74) is 4.80. The van der Waals surface area contributed by atoms with Gasteiger partial charge in [-0.1, -0.05) is 29.5 Å². The Bertz CT molecular complexity index is 1490. The first-order valence-corrected chi connectivity index (χ1v) is 14.8. The zero-order valence-electron chi connectivity index (χ0n) is 23.1. The zero-order valence-corrected chi connectivity index (χ0v) is 23.9. The van der Waals surface area contributed by atoms with Gasteiger partial charge in [-0.05, 0) is 75.6 Å². The number of carboxylic acids is 1. The molecule has 9 heteroatoms. The molecule has 3 aromatic rings. The number of thiazole rings is 1. The summed E-state index contributed by atoms with van der Waals surface area (Å²) >= 11 is 1.51. The molecule has 2 aliphatic heterocycles. The third-order valence-electron chi connectivity index (χ3n) is 8.60. The van der Waals surface area contributed by atoms with Crippen LogP contribution in [0.2, 0.25) is 0 Å². The number of aromatic carboxylic acids is 1. The minimum Gasteiger partial charge on any atom is -0.512 e. The van der Waals surface area contributed by atoms with Gasteiger partial charge >= 0.3 is 5.97 Å². The number of methoxy groups -OCH3 is 1. The topological polar surface area (TPSA) is 116 Å². The number of carboxylic acid groups (broad SMARTS) is 1. The van der Waals surface area contributed by atoms with Crippen LogP contribution in [0.3, 0.4) is 0 Å². The van der Waals surface area contributed by atoms with Crippen molar-refractivity contribution in [3.63, 3.8) is 0 Å². The second-order valence-corrected chi connectivity index (χ2v) is 12.3. The third-order valence-corrected chi connectivity index (χ3v) is 9.61. The van der Waals surface area contributed by atoms with Crippen molar-refractivity contribution in [1.29, 1.82) is 5.41 Å². The number of anilines is 1. The zero-order chi connectivity index (χ0) is 28.1. The van der Waals surface area contributed by atoms with Gasteiger partial charge in [0.15, 0.2) is 5.13 Å². The van der Waals surface area contributed by atoms with Crippen LogP contribution in [0.1, 0.15) is 65.6 Å². The highest BCUT2D eigenvalue weighted by atomic mass is 32.1. The molecular weight excluding hydrogens is 526 g/mol. The van der Waals surface area contributed by atoms with Gasteiger partial charge in [0.1, 0.15) is 17.0 Å². The van der Waals surface area contributed by atoms with E-state index in [4.69, 9.17) is 19.9 Å². The normalized spacial score (nSPS) is 22.9. The number of rotatable bonds is 9. The number of aryl methyl sites for hydroxylation is 2. The Hall–Kier alpha value is -3.43. The van der Waals surface area contributed by atoms with Crippen LogP contribution in [0.5, 0.6) is 5.75 Å². The lowest BCUT2D eigenvalue weighted by atomic mass is 9.93. The highest BCUT2D eigenvalue weighted by Gasteiger charge is 2.43. The van der Waals surface area contributed by atoms with Crippen LogP contribution in [0.4, 0.5) is 5.13 Å². The van der Waals surface area contributed by atoms with Gasteiger partial charge in [0.2, 0.25) is 0 Å². The molecule has 3 heterocycles. The van der Waals surface area contributed by atoms with Crippen molar-refractivity contribution in [2.45, 2.75) is 70.6 Å². The average Bonchev–Trinajstić information content (AvgIpc) is 3.63. The van der Waals surface area contributed by atoms with Gasteiger partial charge in [-0.25, -0.2) is 9.78 Å². The molecule has 3 atom stereocenters. The average molecular weight is 562 g/mol. The molecule has 0 amide bonds. The van der Waals surface area contributed by atoms with Crippen LogP contribution in [0.15, 0.2) is 41.7 Å². The highest BCUT2D eigenvalue weighted by molar-refractivity contribution is 7.22. The van der Waals surface area contributed by atoms with E-state index < -0.39 is 5.97 Å². The number of nitrogens with zero attached hydrogens (tertiary/aromatic N) is 2. The molecule has 8 nitrogen and oxygen atoms in total. The first kappa shape index (κ1) is 26.8. The Morgan fingerprint density at radius 1 is 1.10 bits per heavy atom. The van der Waals surface area contributed by atoms with Crippen LogP contribution in [0, 0.1) is 25.2 Å². The number of nitrogens with one attached hydrogen (secondary N) is 1. The summed E-state index contributed by atoms with van der Waals surface area (Å²) in [6.45, 7) is 4.25. The fourth-order valence-corrected chi connectivity index (χ4v) is 7.56. The van der Waals surface area contributed by atoms with Crippen LogP contribution in [0.25, 0.3) is 10.2 Å². The molecule has 2 bridgehead atoms. The molecule has 1 saturated carbocycles. The van der Waals surface area contributed by atoms with Gasteiger partial charge in [0, 0.05) is 29.1 Å². The summed E-state index contributed by atoms with van der Waals surface area (Å²) in [6, 6.07) is 9.77. The summed E-state index contributed by atoms with van der Waals surface area (Å²) in [4.78, 5) is 18.9. The predicted molar refractivity (Wildman–Crippen MR) is 157 cm³/mol. The van der Waals surface area contributed by atoms with Crippen LogP contribution in [-0.2, 0) is 4.74 Å². The van der Waals surface area contributed by atoms with E-state index in [1.807, 2.05) is 32.0 Å². The number of aliphatic hydroxyl groups is 1. The van der Waals surface area contributed by atoms with Crippen LogP contribution < -0.4 is 9.64 Å². The number of ether oxygens (including phenoxy) is 2. The number of aliphatic hydroxyl groups excluding tert-OH is 1. The number of benzene rings is 2. The molecular formula is C31H35N3O5S. The predicted octanol–water partition coefficient (Wildman–Crippen LogP) is 6.43. The molecule has 0 radical (unpaired) electrons. The van der Waals surface area contributed by atoms with E-state index in [0.717, 1.165) is 65.0 Å². The van der Waals surface area contributed by atoms with E-state index in [0.29, 0.717) is 28.3 Å². The first-order valence-electron chi connectivity index (χ1n) is 13.9. The summed E-state index contributed by atoms with van der Waals surface area (Å²) in [5, 5.41) is 30.5. The number of hydrogen-bond acceptors (Lipinski definition) is 8. The van der Waals surface area contributed by atoms with E-state index >= 15 is 0 Å². The Morgan fingerprint density at radius 3 is 2.38 bits per heavy atom. The maximum absolute atomic E-state index is 11.6. The first-order chi connectivity index (χ1) is 19.2. The van der Waals surface area contributed by atoms with E-state index in [9.17, 15) is 15.0 Å². The van der Waals surface area contributed by atoms with Gasteiger partial charge in [-0.15, -0.1) is 0 Å². The number of carbonyl (C=O) groups is 1. The number of allylic oxidation sites excluding steroid dienone is 1. The maximum Gasteiger partial charge on any atom is 0.335 e. The minimum absolute atomic E-state index is 0.0315. The fourth-order valence-electron chi connectivity index (χ4n) is 6.39. The van der Waals surface area contributed by atoms with E-state index in [1.165, 1.54) is 24.5 Å². The van der Waals surface area contributed by atoms with Crippen molar-refractivity contribution >= 4 is 38.4 Å². The minimum atomic E-state index is -0.986. The van der Waals surface area contributed by atoms with Crippen molar-refractivity contribution in [2.75, 3.05) is 18.6 Å². The van der Waals surface area contributed by atoms with E-state index in [-0.39, 0.29) is 36.3 Å². The van der Waals surface area contributed by atoms with Crippen molar-refractivity contribution < 1.29 is 24.5 Å². The Balaban J connectivity index is 1.20. The Morgan fingerprint density at radius 2 is 1.77 bits per heavy atom. The molecule has 2 aromatic carbocycles.